The Morgan fingerprint density at radius 3 is 2.44 bits per heavy atom. The summed E-state index contributed by atoms with van der Waals surface area (Å²) in [6.07, 6.45) is 0. The van der Waals surface area contributed by atoms with Crippen molar-refractivity contribution in [3.05, 3.63) is 86.6 Å². The normalized spacial score (nSPS) is 11.3. The van der Waals surface area contributed by atoms with Crippen LogP contribution in [-0.2, 0) is 6.54 Å². The van der Waals surface area contributed by atoms with Crippen molar-refractivity contribution in [3.63, 3.8) is 0 Å². The van der Waals surface area contributed by atoms with Crippen LogP contribution in [0.2, 0.25) is 5.02 Å². The Labute approximate surface area is 162 Å². The molecule has 0 bridgehead atoms. The van der Waals surface area contributed by atoms with Gasteiger partial charge in [-0.1, -0.05) is 48.0 Å². The first kappa shape index (κ1) is 17.6. The van der Waals surface area contributed by atoms with Crippen LogP contribution in [0.1, 0.15) is 22.5 Å². The molecule has 27 heavy (non-hydrogen) atoms. The zero-order valence-electron chi connectivity index (χ0n) is 15.5. The molecule has 0 unspecified atom stereocenters. The molecule has 2 heterocycles. The van der Waals surface area contributed by atoms with E-state index in [1.54, 1.807) is 4.57 Å². The summed E-state index contributed by atoms with van der Waals surface area (Å²) in [5, 5.41) is 1.68. The van der Waals surface area contributed by atoms with E-state index < -0.39 is 0 Å². The molecule has 0 spiro atoms. The highest BCUT2D eigenvalue weighted by atomic mass is 35.5. The lowest BCUT2D eigenvalue weighted by molar-refractivity contribution is 0.757. The van der Waals surface area contributed by atoms with Gasteiger partial charge in [-0.25, -0.2) is 4.79 Å². The lowest BCUT2D eigenvalue weighted by Crippen LogP contribution is -2.24. The SMILES string of the molecule is Cc1ccccc1-c1[nH]c(C)c2c(C)nc(=O)n(Cc3ccc(Cl)cc3)c12. The molecular formula is C22H20ClN3O. The topological polar surface area (TPSA) is 50.7 Å². The molecule has 2 aromatic heterocycles. The van der Waals surface area contributed by atoms with Crippen LogP contribution in [0.25, 0.3) is 22.2 Å². The number of hydrogen-bond donors (Lipinski definition) is 1. The van der Waals surface area contributed by atoms with Gasteiger partial charge < -0.3 is 4.98 Å². The zero-order chi connectivity index (χ0) is 19.1. The molecule has 0 aliphatic rings. The Morgan fingerprint density at radius 1 is 1.04 bits per heavy atom. The number of nitrogens with zero attached hydrogens (tertiary/aromatic N) is 2. The van der Waals surface area contributed by atoms with Gasteiger partial charge in [0.2, 0.25) is 0 Å². The number of halogens is 1. The largest absolute Gasteiger partial charge is 0.356 e. The quantitative estimate of drug-likeness (QED) is 0.545. The molecule has 0 radical (unpaired) electrons. The first-order valence-corrected chi connectivity index (χ1v) is 9.23. The van der Waals surface area contributed by atoms with Gasteiger partial charge in [0.15, 0.2) is 0 Å². The van der Waals surface area contributed by atoms with Gasteiger partial charge in [-0.15, -0.1) is 0 Å². The van der Waals surface area contributed by atoms with Crippen molar-refractivity contribution in [3.8, 4) is 11.3 Å². The van der Waals surface area contributed by atoms with E-state index in [0.29, 0.717) is 11.6 Å². The van der Waals surface area contributed by atoms with E-state index in [1.807, 2.05) is 50.2 Å². The third-order valence-corrected chi connectivity index (χ3v) is 5.21. The average molecular weight is 378 g/mol. The minimum absolute atomic E-state index is 0.246. The third kappa shape index (κ3) is 3.06. The molecule has 0 aliphatic heterocycles. The standard InChI is InChI=1S/C22H20ClN3O/c1-13-6-4-5-7-18(13)20-21-19(14(2)24-20)15(3)25-22(27)26(21)12-16-8-10-17(23)11-9-16/h4-11,24H,12H2,1-3H3. The van der Waals surface area contributed by atoms with E-state index in [2.05, 4.69) is 29.0 Å². The number of H-pyrrole nitrogens is 1. The van der Waals surface area contributed by atoms with Crippen LogP contribution in [0.5, 0.6) is 0 Å². The highest BCUT2D eigenvalue weighted by molar-refractivity contribution is 6.30. The summed E-state index contributed by atoms with van der Waals surface area (Å²) in [7, 11) is 0. The maximum Gasteiger partial charge on any atom is 0.348 e. The molecule has 2 aromatic carbocycles. The number of rotatable bonds is 3. The summed E-state index contributed by atoms with van der Waals surface area (Å²) in [5.74, 6) is 0. The second-order valence-electron chi connectivity index (χ2n) is 6.86. The zero-order valence-corrected chi connectivity index (χ0v) is 16.3. The number of aromatic amines is 1. The van der Waals surface area contributed by atoms with E-state index in [-0.39, 0.29) is 5.69 Å². The van der Waals surface area contributed by atoms with Crippen LogP contribution in [-0.4, -0.2) is 14.5 Å². The van der Waals surface area contributed by atoms with Gasteiger partial charge >= 0.3 is 5.69 Å². The predicted molar refractivity (Wildman–Crippen MR) is 111 cm³/mol. The van der Waals surface area contributed by atoms with Crippen LogP contribution in [0.15, 0.2) is 53.3 Å². The average Bonchev–Trinajstić information content (AvgIpc) is 2.98. The van der Waals surface area contributed by atoms with Crippen LogP contribution in [0.4, 0.5) is 0 Å². The fourth-order valence-corrected chi connectivity index (χ4v) is 3.77. The van der Waals surface area contributed by atoms with Crippen molar-refractivity contribution in [1.29, 1.82) is 0 Å². The highest BCUT2D eigenvalue weighted by Gasteiger charge is 2.19. The van der Waals surface area contributed by atoms with Crippen molar-refractivity contribution in [2.75, 3.05) is 0 Å². The van der Waals surface area contributed by atoms with Gasteiger partial charge in [-0.2, -0.15) is 4.98 Å². The predicted octanol–water partition coefficient (Wildman–Crippen LogP) is 5.02. The summed E-state index contributed by atoms with van der Waals surface area (Å²) >= 11 is 6.00. The fraction of sp³-hybridized carbons (Fsp3) is 0.182. The molecule has 4 rings (SSSR count). The lowest BCUT2D eigenvalue weighted by atomic mass is 10.0. The van der Waals surface area contributed by atoms with Gasteiger partial charge in [0, 0.05) is 21.7 Å². The summed E-state index contributed by atoms with van der Waals surface area (Å²) in [6.45, 7) is 6.43. The van der Waals surface area contributed by atoms with E-state index in [0.717, 1.165) is 44.7 Å². The molecular weight excluding hydrogens is 358 g/mol. The second kappa shape index (κ2) is 6.71. The monoisotopic (exact) mass is 377 g/mol. The van der Waals surface area contributed by atoms with Crippen LogP contribution in [0.3, 0.4) is 0 Å². The van der Waals surface area contributed by atoms with Gasteiger partial charge in [-0.3, -0.25) is 4.57 Å². The fourth-order valence-electron chi connectivity index (χ4n) is 3.65. The molecule has 4 aromatic rings. The molecule has 0 saturated carbocycles. The smallest absolute Gasteiger partial charge is 0.348 e. The summed E-state index contributed by atoms with van der Waals surface area (Å²) in [4.78, 5) is 20.6. The van der Waals surface area contributed by atoms with E-state index >= 15 is 0 Å². The van der Waals surface area contributed by atoms with Crippen LogP contribution < -0.4 is 5.69 Å². The minimum atomic E-state index is -0.246. The Balaban J connectivity index is 2.02. The first-order valence-electron chi connectivity index (χ1n) is 8.86. The Kier molecular flexibility index (Phi) is 4.36. The molecule has 0 aliphatic carbocycles. The van der Waals surface area contributed by atoms with Crippen molar-refractivity contribution in [2.24, 2.45) is 0 Å². The molecule has 136 valence electrons. The summed E-state index contributed by atoms with van der Waals surface area (Å²) in [5.41, 5.74) is 6.61. The summed E-state index contributed by atoms with van der Waals surface area (Å²) < 4.78 is 1.75. The number of benzene rings is 2. The minimum Gasteiger partial charge on any atom is -0.356 e. The molecule has 0 fully saturated rings. The lowest BCUT2D eigenvalue weighted by Gasteiger charge is -2.12. The maximum absolute atomic E-state index is 12.8. The van der Waals surface area contributed by atoms with E-state index in [4.69, 9.17) is 11.6 Å². The van der Waals surface area contributed by atoms with Gasteiger partial charge in [0.1, 0.15) is 0 Å². The molecule has 4 nitrogen and oxygen atoms in total. The Bertz CT molecular complexity index is 1200. The van der Waals surface area contributed by atoms with E-state index in [9.17, 15) is 4.79 Å². The number of aryl methyl sites for hydroxylation is 3. The number of nitrogens with one attached hydrogen (secondary N) is 1. The number of fused-ring (bicyclic) bond motifs is 1. The number of hydrogen-bond acceptors (Lipinski definition) is 2. The van der Waals surface area contributed by atoms with Gasteiger partial charge in [0.05, 0.1) is 23.4 Å². The second-order valence-corrected chi connectivity index (χ2v) is 7.29. The molecule has 0 amide bonds. The molecule has 1 N–H and O–H groups in total. The van der Waals surface area contributed by atoms with Gasteiger partial charge in [0.25, 0.3) is 0 Å². The van der Waals surface area contributed by atoms with Gasteiger partial charge in [-0.05, 0) is 44.0 Å². The Hall–Kier alpha value is -2.85. The maximum atomic E-state index is 12.8. The first-order chi connectivity index (χ1) is 13.0. The van der Waals surface area contributed by atoms with Crippen molar-refractivity contribution < 1.29 is 0 Å². The van der Waals surface area contributed by atoms with Crippen LogP contribution >= 0.6 is 11.6 Å². The molecule has 0 atom stereocenters. The van der Waals surface area contributed by atoms with Crippen molar-refractivity contribution in [2.45, 2.75) is 27.3 Å². The van der Waals surface area contributed by atoms with Crippen molar-refractivity contribution >= 4 is 22.5 Å². The molecule has 5 heteroatoms. The molecule has 0 saturated heterocycles. The highest BCUT2D eigenvalue weighted by Crippen LogP contribution is 2.33. The van der Waals surface area contributed by atoms with Crippen molar-refractivity contribution in [1.82, 2.24) is 14.5 Å². The van der Waals surface area contributed by atoms with Crippen LogP contribution in [0, 0.1) is 20.8 Å². The Morgan fingerprint density at radius 2 is 1.74 bits per heavy atom. The van der Waals surface area contributed by atoms with E-state index in [1.165, 1.54) is 0 Å². The summed E-state index contributed by atoms with van der Waals surface area (Å²) in [6, 6.07) is 15.7. The number of aromatic nitrogens is 3. The third-order valence-electron chi connectivity index (χ3n) is 4.96.